The zero-order valence-electron chi connectivity index (χ0n) is 9.54. The van der Waals surface area contributed by atoms with Crippen molar-refractivity contribution in [3.05, 3.63) is 24.3 Å². The van der Waals surface area contributed by atoms with Gasteiger partial charge in [0.15, 0.2) is 9.84 Å². The molecule has 16 heavy (non-hydrogen) atoms. The maximum absolute atomic E-state index is 11.8. The van der Waals surface area contributed by atoms with Crippen molar-refractivity contribution in [2.45, 2.75) is 24.0 Å². The van der Waals surface area contributed by atoms with E-state index in [4.69, 9.17) is 4.65 Å². The Morgan fingerprint density at radius 1 is 1.25 bits per heavy atom. The Labute approximate surface area is 96.3 Å². The van der Waals surface area contributed by atoms with E-state index in [9.17, 15) is 13.4 Å². The Bertz CT molecular complexity index is 438. The molecule has 0 saturated carbocycles. The highest BCUT2D eigenvalue weighted by Gasteiger charge is 2.20. The van der Waals surface area contributed by atoms with Gasteiger partial charge in [-0.2, -0.15) is 0 Å². The predicted molar refractivity (Wildman–Crippen MR) is 63.4 cm³/mol. The Hall–Kier alpha value is -0.845. The van der Waals surface area contributed by atoms with Crippen LogP contribution in [-0.4, -0.2) is 32.9 Å². The zero-order valence-corrected chi connectivity index (χ0v) is 10.4. The van der Waals surface area contributed by atoms with Gasteiger partial charge in [0, 0.05) is 7.11 Å². The van der Waals surface area contributed by atoms with Gasteiger partial charge in [-0.25, -0.2) is 8.42 Å². The lowest BCUT2D eigenvalue weighted by Gasteiger charge is -2.09. The van der Waals surface area contributed by atoms with Crippen LogP contribution in [0.3, 0.4) is 0 Å². The Kier molecular flexibility index (Phi) is 4.12. The van der Waals surface area contributed by atoms with Crippen molar-refractivity contribution in [1.82, 2.24) is 0 Å². The van der Waals surface area contributed by atoms with E-state index >= 15 is 0 Å². The molecular formula is C10H15BO4S. The van der Waals surface area contributed by atoms with E-state index in [1.807, 2.05) is 0 Å². The highest BCUT2D eigenvalue weighted by Crippen LogP contribution is 2.14. The first-order chi connectivity index (χ1) is 7.39. The first-order valence-electron chi connectivity index (χ1n) is 4.94. The molecule has 0 saturated heterocycles. The number of benzene rings is 1. The highest BCUT2D eigenvalue weighted by molar-refractivity contribution is 7.92. The van der Waals surface area contributed by atoms with Crippen molar-refractivity contribution in [3.8, 4) is 0 Å². The van der Waals surface area contributed by atoms with Crippen LogP contribution in [0.1, 0.15) is 13.8 Å². The van der Waals surface area contributed by atoms with E-state index in [1.165, 1.54) is 19.2 Å². The van der Waals surface area contributed by atoms with E-state index in [1.54, 1.807) is 26.0 Å². The molecule has 1 N–H and O–H groups in total. The fourth-order valence-corrected chi connectivity index (χ4v) is 2.29. The van der Waals surface area contributed by atoms with Gasteiger partial charge >= 0.3 is 7.12 Å². The second-order valence-corrected chi connectivity index (χ2v) is 6.26. The molecule has 1 aromatic rings. The van der Waals surface area contributed by atoms with Crippen LogP contribution in [-0.2, 0) is 14.5 Å². The monoisotopic (exact) mass is 242 g/mol. The third kappa shape index (κ3) is 2.64. The molecule has 6 heteroatoms. The van der Waals surface area contributed by atoms with Crippen molar-refractivity contribution in [2.75, 3.05) is 7.11 Å². The van der Waals surface area contributed by atoms with Crippen molar-refractivity contribution in [3.63, 3.8) is 0 Å². The van der Waals surface area contributed by atoms with Gasteiger partial charge in [0.05, 0.1) is 10.1 Å². The van der Waals surface area contributed by atoms with E-state index in [0.29, 0.717) is 5.46 Å². The molecule has 1 rings (SSSR count). The molecule has 0 heterocycles. The average molecular weight is 242 g/mol. The fourth-order valence-electron chi connectivity index (χ4n) is 1.23. The molecular weight excluding hydrogens is 227 g/mol. The first kappa shape index (κ1) is 13.2. The van der Waals surface area contributed by atoms with Crippen LogP contribution in [0.15, 0.2) is 29.2 Å². The summed E-state index contributed by atoms with van der Waals surface area (Å²) in [6, 6.07) is 6.05. The molecule has 0 spiro atoms. The molecule has 1 aromatic carbocycles. The third-order valence-corrected chi connectivity index (χ3v) is 4.51. The Balaban J connectivity index is 3.05. The lowest BCUT2D eigenvalue weighted by atomic mass is 9.80. The zero-order chi connectivity index (χ0) is 12.3. The Morgan fingerprint density at radius 3 is 2.12 bits per heavy atom. The van der Waals surface area contributed by atoms with Gasteiger partial charge in [0.25, 0.3) is 0 Å². The van der Waals surface area contributed by atoms with Crippen molar-refractivity contribution >= 4 is 22.4 Å². The summed E-state index contributed by atoms with van der Waals surface area (Å²) in [6.07, 6.45) is 0. The summed E-state index contributed by atoms with van der Waals surface area (Å²) in [5.74, 6) is 0. The van der Waals surface area contributed by atoms with Crippen molar-refractivity contribution in [2.24, 2.45) is 0 Å². The van der Waals surface area contributed by atoms with E-state index in [-0.39, 0.29) is 4.90 Å². The molecule has 0 fully saturated rings. The summed E-state index contributed by atoms with van der Waals surface area (Å²) in [5.41, 5.74) is 0.533. The first-order valence-corrected chi connectivity index (χ1v) is 6.49. The van der Waals surface area contributed by atoms with Crippen molar-refractivity contribution in [1.29, 1.82) is 0 Å². The van der Waals surface area contributed by atoms with Crippen LogP contribution in [0, 0.1) is 0 Å². The summed E-state index contributed by atoms with van der Waals surface area (Å²) >= 11 is 0. The normalized spacial score (nSPS) is 11.8. The maximum Gasteiger partial charge on any atom is 0.490 e. The molecule has 0 radical (unpaired) electrons. The van der Waals surface area contributed by atoms with Crippen LogP contribution in [0.2, 0.25) is 0 Å². The molecule has 88 valence electrons. The van der Waals surface area contributed by atoms with Crippen LogP contribution in [0.25, 0.3) is 0 Å². The van der Waals surface area contributed by atoms with Gasteiger partial charge in [-0.1, -0.05) is 12.1 Å². The quantitative estimate of drug-likeness (QED) is 0.766. The molecule has 4 nitrogen and oxygen atoms in total. The SMILES string of the molecule is COB(O)c1ccc(S(=O)(=O)C(C)C)cc1. The molecule has 0 aliphatic heterocycles. The van der Waals surface area contributed by atoms with Gasteiger partial charge in [0.2, 0.25) is 0 Å². The summed E-state index contributed by atoms with van der Waals surface area (Å²) < 4.78 is 28.3. The smallest absolute Gasteiger partial charge is 0.423 e. The largest absolute Gasteiger partial charge is 0.490 e. The fraction of sp³-hybridized carbons (Fsp3) is 0.400. The second-order valence-electron chi connectivity index (χ2n) is 3.75. The molecule has 0 atom stereocenters. The van der Waals surface area contributed by atoms with Crippen LogP contribution in [0.4, 0.5) is 0 Å². The van der Waals surface area contributed by atoms with Crippen molar-refractivity contribution < 1.29 is 18.1 Å². The molecule has 0 aliphatic carbocycles. The van der Waals surface area contributed by atoms with Crippen LogP contribution >= 0.6 is 0 Å². The number of hydrogen-bond donors (Lipinski definition) is 1. The maximum atomic E-state index is 11.8. The topological polar surface area (TPSA) is 63.6 Å². The minimum Gasteiger partial charge on any atom is -0.423 e. The summed E-state index contributed by atoms with van der Waals surface area (Å²) in [4.78, 5) is 0.259. The minimum absolute atomic E-state index is 0.259. The van der Waals surface area contributed by atoms with Gasteiger partial charge in [-0.3, -0.25) is 0 Å². The second kappa shape index (κ2) is 4.99. The summed E-state index contributed by atoms with van der Waals surface area (Å²) in [6.45, 7) is 3.26. The van der Waals surface area contributed by atoms with Gasteiger partial charge in [-0.05, 0) is 31.4 Å². The van der Waals surface area contributed by atoms with Gasteiger partial charge in [-0.15, -0.1) is 0 Å². The molecule has 0 unspecified atom stereocenters. The van der Waals surface area contributed by atoms with E-state index in [0.717, 1.165) is 0 Å². The number of rotatable bonds is 4. The predicted octanol–water partition coefficient (Wildman–Crippen LogP) is 0.203. The third-order valence-electron chi connectivity index (χ3n) is 2.34. The molecule has 0 aliphatic rings. The number of sulfone groups is 1. The molecule has 0 bridgehead atoms. The summed E-state index contributed by atoms with van der Waals surface area (Å²) in [7, 11) is -2.89. The lowest BCUT2D eigenvalue weighted by molar-refractivity contribution is 0.341. The molecule has 0 aromatic heterocycles. The van der Waals surface area contributed by atoms with Gasteiger partial charge in [0.1, 0.15) is 0 Å². The average Bonchev–Trinajstić information content (AvgIpc) is 2.28. The van der Waals surface area contributed by atoms with E-state index < -0.39 is 22.2 Å². The standard InChI is InChI=1S/C10H15BO4S/c1-8(2)16(13,14)10-6-4-9(5-7-10)11(12)15-3/h4-8,12H,1-3H3. The molecule has 0 amide bonds. The van der Waals surface area contributed by atoms with Crippen LogP contribution in [0.5, 0.6) is 0 Å². The van der Waals surface area contributed by atoms with E-state index in [2.05, 4.69) is 0 Å². The summed E-state index contributed by atoms with van der Waals surface area (Å²) in [5, 5.41) is 8.91. The van der Waals surface area contributed by atoms with Crippen LogP contribution < -0.4 is 5.46 Å². The minimum atomic E-state index is -3.25. The van der Waals surface area contributed by atoms with Gasteiger partial charge < -0.3 is 9.68 Å². The highest BCUT2D eigenvalue weighted by atomic mass is 32.2. The lowest BCUT2D eigenvalue weighted by Crippen LogP contribution is -2.32. The Morgan fingerprint density at radius 2 is 1.75 bits per heavy atom. The number of hydrogen-bond acceptors (Lipinski definition) is 4.